The van der Waals surface area contributed by atoms with Crippen LogP contribution in [0.15, 0.2) is 225 Å². The van der Waals surface area contributed by atoms with E-state index < -0.39 is 0 Å². The van der Waals surface area contributed by atoms with Crippen molar-refractivity contribution in [2.75, 3.05) is 0 Å². The van der Waals surface area contributed by atoms with Crippen LogP contribution in [0, 0.1) is 11.3 Å². The molecule has 0 aliphatic rings. The van der Waals surface area contributed by atoms with Gasteiger partial charge in [-0.3, -0.25) is 19.9 Å². The van der Waals surface area contributed by atoms with Crippen LogP contribution in [0.4, 0.5) is 0 Å². The minimum atomic E-state index is 0.450. The Morgan fingerprint density at radius 2 is 0.611 bits per heavy atom. The van der Waals surface area contributed by atoms with Gasteiger partial charge in [0.1, 0.15) is 11.6 Å². The third kappa shape index (κ3) is 5.51. The van der Waals surface area contributed by atoms with Gasteiger partial charge in [0, 0.05) is 73.4 Å². The Morgan fingerprint density at radius 3 is 1.00 bits per heavy atom. The van der Waals surface area contributed by atoms with Gasteiger partial charge in [-0.25, -0.2) is 0 Å². The molecule has 0 saturated heterocycles. The van der Waals surface area contributed by atoms with Gasteiger partial charge in [-0.05, 0) is 71.3 Å². The molecule has 7 aromatic carbocycles. The summed E-state index contributed by atoms with van der Waals surface area (Å²) in [7, 11) is 0. The van der Waals surface area contributed by atoms with Gasteiger partial charge in [-0.2, -0.15) is 5.26 Å². The van der Waals surface area contributed by atoms with Crippen LogP contribution in [0.3, 0.4) is 0 Å². The van der Waals surface area contributed by atoms with Gasteiger partial charge in [0.15, 0.2) is 0 Å². The van der Waals surface area contributed by atoms with Gasteiger partial charge >= 0.3 is 0 Å². The first-order valence-corrected chi connectivity index (χ1v) is 23.9. The summed E-state index contributed by atoms with van der Waals surface area (Å²) in [4.78, 5) is 19.3. The van der Waals surface area contributed by atoms with Gasteiger partial charge in [-0.1, -0.05) is 121 Å². The van der Waals surface area contributed by atoms with Crippen molar-refractivity contribution >= 4 is 87.2 Å². The van der Waals surface area contributed by atoms with Gasteiger partial charge in [-0.15, -0.1) is 0 Å². The van der Waals surface area contributed by atoms with E-state index in [2.05, 4.69) is 200 Å². The molecule has 0 amide bonds. The minimum Gasteiger partial charge on any atom is -0.305 e. The molecule has 72 heavy (non-hydrogen) atoms. The van der Waals surface area contributed by atoms with Crippen molar-refractivity contribution in [1.29, 1.82) is 5.26 Å². The van der Waals surface area contributed by atoms with Gasteiger partial charge in [0.2, 0.25) is 0 Å². The third-order valence-corrected chi connectivity index (χ3v) is 14.6. The number of aromatic nitrogens is 8. The number of fused-ring (bicyclic) bond motifs is 12. The fourth-order valence-electron chi connectivity index (χ4n) is 11.7. The first kappa shape index (κ1) is 39.8. The highest BCUT2D eigenvalue weighted by Crippen LogP contribution is 2.52. The van der Waals surface area contributed by atoms with Crippen LogP contribution >= 0.6 is 0 Å². The zero-order valence-corrected chi connectivity index (χ0v) is 38.4. The molecule has 0 N–H and O–H groups in total. The van der Waals surface area contributed by atoms with E-state index in [9.17, 15) is 5.26 Å². The second-order valence-corrected chi connectivity index (χ2v) is 18.2. The van der Waals surface area contributed by atoms with Crippen molar-refractivity contribution in [3.05, 3.63) is 231 Å². The molecular formula is C63H37N9. The summed E-state index contributed by atoms with van der Waals surface area (Å²) in [5, 5.41) is 21.0. The number of benzene rings is 7. The second kappa shape index (κ2) is 15.4. The molecule has 15 rings (SSSR count). The molecule has 334 valence electrons. The molecule has 9 nitrogen and oxygen atoms in total. The molecule has 0 bridgehead atoms. The lowest BCUT2D eigenvalue weighted by molar-refractivity contribution is 1.03. The Balaban J connectivity index is 1.31. The fraction of sp³-hybridized carbons (Fsp3) is 0. The smallest absolute Gasteiger partial charge is 0.104 e. The van der Waals surface area contributed by atoms with E-state index in [1.165, 1.54) is 0 Å². The highest BCUT2D eigenvalue weighted by atomic mass is 15.1. The molecule has 0 saturated carbocycles. The molecule has 9 heteroatoms. The van der Waals surface area contributed by atoms with E-state index >= 15 is 0 Å². The predicted octanol–water partition coefficient (Wildman–Crippen LogP) is 14.9. The summed E-state index contributed by atoms with van der Waals surface area (Å²) in [5.41, 5.74) is 14.7. The van der Waals surface area contributed by atoms with Crippen molar-refractivity contribution in [2.45, 2.75) is 0 Å². The summed E-state index contributed by atoms with van der Waals surface area (Å²) in [6, 6.07) is 64.7. The monoisotopic (exact) mass is 919 g/mol. The number of hydrogen-bond acceptors (Lipinski definition) is 5. The van der Waals surface area contributed by atoms with E-state index in [1.807, 2.05) is 49.6 Å². The standard InChI is InChI=1S/C63H37N9/c64-34-50-60(69-51-21-8-4-17-42(51)46-25-29-65-35-55(46)69)62(71-53-23-10-6-19-44(53)48-27-31-67-37-57(48)71)59(41-16-12-15-40(33-41)39-13-2-1-3-14-39)63(72-54-24-11-7-20-45(54)49-28-32-68-38-58(49)72)61(50)70-52-22-9-5-18-43(52)47-26-30-66-36-56(47)70/h1-33,35-38H. The van der Waals surface area contributed by atoms with E-state index in [4.69, 9.17) is 19.9 Å². The average molecular weight is 920 g/mol. The Labute approximate surface area is 411 Å². The third-order valence-electron chi connectivity index (χ3n) is 14.6. The molecule has 0 unspecified atom stereocenters. The highest BCUT2D eigenvalue weighted by Gasteiger charge is 2.35. The van der Waals surface area contributed by atoms with Crippen molar-refractivity contribution in [3.8, 4) is 51.1 Å². The first-order valence-electron chi connectivity index (χ1n) is 23.9. The topological polar surface area (TPSA) is 95.1 Å². The normalized spacial score (nSPS) is 11.9. The van der Waals surface area contributed by atoms with Crippen molar-refractivity contribution in [2.24, 2.45) is 0 Å². The van der Waals surface area contributed by atoms with E-state index in [1.54, 1.807) is 0 Å². The Kier molecular flexibility index (Phi) is 8.52. The predicted molar refractivity (Wildman–Crippen MR) is 291 cm³/mol. The fourth-order valence-corrected chi connectivity index (χ4v) is 11.7. The van der Waals surface area contributed by atoms with Crippen LogP contribution in [0.2, 0.25) is 0 Å². The van der Waals surface area contributed by atoms with Crippen molar-refractivity contribution < 1.29 is 0 Å². The van der Waals surface area contributed by atoms with Crippen molar-refractivity contribution in [3.63, 3.8) is 0 Å². The number of nitrogens with zero attached hydrogens (tertiary/aromatic N) is 9. The van der Waals surface area contributed by atoms with Crippen LogP contribution < -0.4 is 0 Å². The minimum absolute atomic E-state index is 0.450. The Bertz CT molecular complexity index is 4310. The van der Waals surface area contributed by atoms with E-state index in [0.29, 0.717) is 16.9 Å². The van der Waals surface area contributed by atoms with Crippen LogP contribution in [-0.4, -0.2) is 38.2 Å². The van der Waals surface area contributed by atoms with Gasteiger partial charge in [0.25, 0.3) is 0 Å². The number of hydrogen-bond donors (Lipinski definition) is 0. The van der Waals surface area contributed by atoms with E-state index in [-0.39, 0.29) is 0 Å². The number of nitriles is 1. The zero-order chi connectivity index (χ0) is 47.4. The number of rotatable bonds is 6. The second-order valence-electron chi connectivity index (χ2n) is 18.2. The summed E-state index contributed by atoms with van der Waals surface area (Å²) in [6.45, 7) is 0. The molecule has 8 heterocycles. The Morgan fingerprint density at radius 1 is 0.292 bits per heavy atom. The summed E-state index contributed by atoms with van der Waals surface area (Å²) in [6.07, 6.45) is 15.2. The molecule has 0 atom stereocenters. The average Bonchev–Trinajstić information content (AvgIpc) is 4.18. The first-order chi connectivity index (χ1) is 35.8. The van der Waals surface area contributed by atoms with Crippen LogP contribution in [0.25, 0.3) is 132 Å². The summed E-state index contributed by atoms with van der Waals surface area (Å²) in [5.74, 6) is 0. The lowest BCUT2D eigenvalue weighted by Gasteiger charge is -2.29. The maximum absolute atomic E-state index is 12.7. The highest BCUT2D eigenvalue weighted by molar-refractivity contribution is 6.17. The molecule has 8 aromatic heterocycles. The van der Waals surface area contributed by atoms with E-state index in [0.717, 1.165) is 121 Å². The molecule has 0 radical (unpaired) electrons. The molecule has 0 fully saturated rings. The van der Waals surface area contributed by atoms with Gasteiger partial charge in [0.05, 0.1) is 91.7 Å². The molecule has 0 spiro atoms. The summed E-state index contributed by atoms with van der Waals surface area (Å²) < 4.78 is 9.25. The maximum Gasteiger partial charge on any atom is 0.104 e. The SMILES string of the molecule is N#Cc1c(-n2c3ccccc3c3ccncc32)c(-n2c3ccccc3c3ccncc32)c(-c2cccc(-c3ccccc3)c2)c(-n2c3ccccc3c3ccncc32)c1-n1c2ccccc2c2ccncc21. The van der Waals surface area contributed by atoms with Crippen LogP contribution in [-0.2, 0) is 0 Å². The Hall–Kier alpha value is -10.2. The number of para-hydroxylation sites is 4. The lowest BCUT2D eigenvalue weighted by atomic mass is 9.91. The van der Waals surface area contributed by atoms with Crippen LogP contribution in [0.5, 0.6) is 0 Å². The maximum atomic E-state index is 12.7. The van der Waals surface area contributed by atoms with Crippen molar-refractivity contribution in [1.82, 2.24) is 38.2 Å². The molecule has 0 aliphatic heterocycles. The quantitative estimate of drug-likeness (QED) is 0.166. The molecule has 0 aliphatic carbocycles. The lowest BCUT2D eigenvalue weighted by Crippen LogP contribution is -2.16. The van der Waals surface area contributed by atoms with Gasteiger partial charge < -0.3 is 18.3 Å². The molecule has 15 aromatic rings. The van der Waals surface area contributed by atoms with Crippen LogP contribution in [0.1, 0.15) is 5.56 Å². The zero-order valence-electron chi connectivity index (χ0n) is 38.4. The largest absolute Gasteiger partial charge is 0.305 e. The summed E-state index contributed by atoms with van der Waals surface area (Å²) >= 11 is 0. The number of pyridine rings is 4. The molecular weight excluding hydrogens is 883 g/mol.